The highest BCUT2D eigenvalue weighted by Gasteiger charge is 2.18. The summed E-state index contributed by atoms with van der Waals surface area (Å²) in [6, 6.07) is 31.8. The van der Waals surface area contributed by atoms with Crippen molar-refractivity contribution in [2.75, 3.05) is 73.3 Å². The minimum absolute atomic E-state index is 0.131. The average molecular weight is 823 g/mol. The summed E-state index contributed by atoms with van der Waals surface area (Å²) in [5.41, 5.74) is 11.3. The number of aromatic nitrogens is 6. The maximum absolute atomic E-state index is 6.06. The second-order valence-electron chi connectivity index (χ2n) is 14.3. The van der Waals surface area contributed by atoms with E-state index < -0.39 is 0 Å². The van der Waals surface area contributed by atoms with Gasteiger partial charge in [-0.2, -0.15) is 30.1 Å². The first-order valence-corrected chi connectivity index (χ1v) is 20.2. The van der Waals surface area contributed by atoms with E-state index in [0.29, 0.717) is 56.4 Å². The molecule has 0 bridgehead atoms. The van der Waals surface area contributed by atoms with E-state index in [2.05, 4.69) is 85.9 Å². The highest BCUT2D eigenvalue weighted by molar-refractivity contribution is 5.81. The fourth-order valence-corrected chi connectivity index (χ4v) is 6.33. The lowest BCUT2D eigenvalue weighted by Crippen LogP contribution is -2.37. The van der Waals surface area contributed by atoms with Gasteiger partial charge in [0.1, 0.15) is 17.7 Å². The number of hydrogen-bond donors (Lipinski definition) is 2. The number of anilines is 4. The van der Waals surface area contributed by atoms with E-state index in [1.54, 1.807) is 30.9 Å². The Bertz CT molecular complexity index is 2340. The van der Waals surface area contributed by atoms with Crippen molar-refractivity contribution in [2.24, 2.45) is 10.2 Å². The van der Waals surface area contributed by atoms with Gasteiger partial charge >= 0.3 is 12.0 Å². The molecule has 0 spiro atoms. The summed E-state index contributed by atoms with van der Waals surface area (Å²) < 4.78 is 22.7. The number of benzene rings is 2. The molecular formula is C45H50N12O4. The molecule has 2 aliphatic rings. The molecule has 16 heteroatoms. The molecule has 2 aliphatic heterocycles. The van der Waals surface area contributed by atoms with Gasteiger partial charge in [0.05, 0.1) is 38.9 Å². The second kappa shape index (κ2) is 21.8. The van der Waals surface area contributed by atoms with Crippen molar-refractivity contribution < 1.29 is 18.9 Å². The third kappa shape index (κ3) is 13.5. The third-order valence-corrected chi connectivity index (χ3v) is 9.29. The lowest BCUT2D eigenvalue weighted by atomic mass is 10.2. The number of hydrazone groups is 2. The molecule has 16 nitrogen and oxygen atoms in total. The molecule has 1 unspecified atom stereocenters. The van der Waals surface area contributed by atoms with Crippen LogP contribution in [0.4, 0.5) is 23.3 Å². The first-order chi connectivity index (χ1) is 29.9. The van der Waals surface area contributed by atoms with E-state index in [1.165, 1.54) is 11.1 Å². The Morgan fingerprint density at radius 2 is 1.18 bits per heavy atom. The summed E-state index contributed by atoms with van der Waals surface area (Å²) in [4.78, 5) is 30.9. The molecule has 2 aromatic carbocycles. The quantitative estimate of drug-likeness (QED) is 0.0876. The van der Waals surface area contributed by atoms with Crippen LogP contribution in [0.5, 0.6) is 17.9 Å². The van der Waals surface area contributed by atoms with Crippen LogP contribution in [0.3, 0.4) is 0 Å². The van der Waals surface area contributed by atoms with Crippen LogP contribution in [0.25, 0.3) is 0 Å². The zero-order chi connectivity index (χ0) is 42.1. The van der Waals surface area contributed by atoms with Crippen LogP contribution in [0.2, 0.25) is 0 Å². The van der Waals surface area contributed by atoms with Crippen molar-refractivity contribution in [1.82, 2.24) is 29.9 Å². The fourth-order valence-electron chi connectivity index (χ4n) is 6.33. The SMILES string of the molecule is Cc1cccc(/C=N/Nc2cc(N3CCOCC3)nc(OC(C)Cc3ccccn3)n2)c1.Cc1cccc(/C=N/Nc2cc(N3CCOCC3)nc(Oc3ccccn3)n2)c1. The number of nitrogens with one attached hydrogen (secondary N) is 2. The Kier molecular flexibility index (Phi) is 15.1. The molecule has 0 radical (unpaired) electrons. The van der Waals surface area contributed by atoms with E-state index in [9.17, 15) is 0 Å². The Morgan fingerprint density at radius 3 is 1.70 bits per heavy atom. The third-order valence-electron chi connectivity index (χ3n) is 9.29. The maximum Gasteiger partial charge on any atom is 0.327 e. The first-order valence-electron chi connectivity index (χ1n) is 20.2. The largest absolute Gasteiger partial charge is 0.460 e. The first kappa shape index (κ1) is 42.1. The van der Waals surface area contributed by atoms with Crippen LogP contribution < -0.4 is 30.1 Å². The zero-order valence-electron chi connectivity index (χ0n) is 34.6. The molecule has 2 saturated heterocycles. The monoisotopic (exact) mass is 822 g/mol. The number of nitrogens with zero attached hydrogens (tertiary/aromatic N) is 10. The van der Waals surface area contributed by atoms with Gasteiger partial charge in [0.2, 0.25) is 5.88 Å². The number of morpholine rings is 2. The zero-order valence-corrected chi connectivity index (χ0v) is 34.6. The van der Waals surface area contributed by atoms with Gasteiger partial charge in [-0.1, -0.05) is 71.8 Å². The number of aryl methyl sites for hydroxylation is 2. The highest BCUT2D eigenvalue weighted by Crippen LogP contribution is 2.24. The molecule has 61 heavy (non-hydrogen) atoms. The molecule has 6 aromatic rings. The average Bonchev–Trinajstić information content (AvgIpc) is 3.28. The minimum Gasteiger partial charge on any atom is -0.460 e. The lowest BCUT2D eigenvalue weighted by molar-refractivity contribution is 0.122. The standard InChI is InChI=1S/C24H28N6O2.C21H22N6O2/c1-18-6-5-7-20(14-18)17-26-29-22-16-23(30-10-12-31-13-11-30)28-24(27-22)32-19(2)15-21-8-3-4-9-25-21;1-16-5-4-6-17(13-16)15-23-26-18-14-19(27-9-11-28-12-10-27)25-21(24-18)29-20-7-2-3-8-22-20/h3-9,14,16-17,19H,10-13,15H2,1-2H3,(H,27,28,29);2-8,13-15H,9-12H2,1H3,(H,24,25,26)/b26-17+;23-15+. The maximum atomic E-state index is 6.06. The lowest BCUT2D eigenvalue weighted by Gasteiger charge is -2.28. The van der Waals surface area contributed by atoms with Crippen LogP contribution in [-0.2, 0) is 15.9 Å². The summed E-state index contributed by atoms with van der Waals surface area (Å²) in [6.45, 7) is 11.8. The number of hydrogen-bond acceptors (Lipinski definition) is 16. The Hall–Kier alpha value is -7.04. The normalized spacial score (nSPS) is 14.6. The summed E-state index contributed by atoms with van der Waals surface area (Å²) in [6.07, 6.45) is 7.50. The van der Waals surface area contributed by atoms with Crippen molar-refractivity contribution in [2.45, 2.75) is 33.3 Å². The van der Waals surface area contributed by atoms with Gasteiger partial charge in [0.15, 0.2) is 11.6 Å². The van der Waals surface area contributed by atoms with Crippen LogP contribution in [0, 0.1) is 13.8 Å². The van der Waals surface area contributed by atoms with E-state index in [4.69, 9.17) is 18.9 Å². The Balaban J connectivity index is 0.000000185. The van der Waals surface area contributed by atoms with E-state index >= 15 is 0 Å². The predicted molar refractivity (Wildman–Crippen MR) is 237 cm³/mol. The predicted octanol–water partition coefficient (Wildman–Crippen LogP) is 6.73. The molecule has 2 N–H and O–H groups in total. The molecule has 314 valence electrons. The van der Waals surface area contributed by atoms with Gasteiger partial charge in [-0.05, 0) is 50.1 Å². The number of pyridine rings is 2. The smallest absolute Gasteiger partial charge is 0.327 e. The number of rotatable bonds is 14. The van der Waals surface area contributed by atoms with Crippen LogP contribution in [0.15, 0.2) is 120 Å². The molecule has 4 aromatic heterocycles. The van der Waals surface area contributed by atoms with Crippen LogP contribution in [-0.4, -0.2) is 101 Å². The van der Waals surface area contributed by atoms with Crippen molar-refractivity contribution in [3.8, 4) is 17.9 Å². The van der Waals surface area contributed by atoms with Crippen LogP contribution in [0.1, 0.15) is 34.9 Å². The van der Waals surface area contributed by atoms with Crippen molar-refractivity contribution >= 4 is 35.7 Å². The summed E-state index contributed by atoms with van der Waals surface area (Å²) in [5.74, 6) is 3.08. The van der Waals surface area contributed by atoms with E-state index in [0.717, 1.165) is 54.6 Å². The second-order valence-corrected chi connectivity index (χ2v) is 14.3. The van der Waals surface area contributed by atoms with Crippen molar-refractivity contribution in [3.63, 3.8) is 0 Å². The molecular weight excluding hydrogens is 773 g/mol. The molecule has 8 rings (SSSR count). The van der Waals surface area contributed by atoms with Gasteiger partial charge in [0, 0.05) is 68.9 Å². The summed E-state index contributed by atoms with van der Waals surface area (Å²) in [7, 11) is 0. The van der Waals surface area contributed by atoms with Gasteiger partial charge in [-0.25, -0.2) is 4.98 Å². The topological polar surface area (TPSA) is 170 Å². The molecule has 0 aliphatic carbocycles. The summed E-state index contributed by atoms with van der Waals surface area (Å²) >= 11 is 0. The summed E-state index contributed by atoms with van der Waals surface area (Å²) in [5, 5.41) is 8.66. The van der Waals surface area contributed by atoms with Gasteiger partial charge in [-0.15, -0.1) is 0 Å². The fraction of sp³-hybridized carbons (Fsp3) is 0.289. The highest BCUT2D eigenvalue weighted by atomic mass is 16.5. The Morgan fingerprint density at radius 1 is 0.639 bits per heavy atom. The van der Waals surface area contributed by atoms with Gasteiger partial charge in [0.25, 0.3) is 0 Å². The van der Waals surface area contributed by atoms with Gasteiger partial charge < -0.3 is 28.7 Å². The molecule has 0 saturated carbocycles. The number of ether oxygens (including phenoxy) is 4. The molecule has 1 atom stereocenters. The van der Waals surface area contributed by atoms with Crippen LogP contribution >= 0.6 is 0 Å². The Labute approximate surface area is 355 Å². The van der Waals surface area contributed by atoms with E-state index in [-0.39, 0.29) is 12.1 Å². The van der Waals surface area contributed by atoms with E-state index in [1.807, 2.05) is 86.6 Å². The van der Waals surface area contributed by atoms with Crippen molar-refractivity contribution in [1.29, 1.82) is 0 Å². The van der Waals surface area contributed by atoms with Crippen molar-refractivity contribution in [3.05, 3.63) is 137 Å². The molecule has 2 fully saturated rings. The van der Waals surface area contributed by atoms with Gasteiger partial charge in [-0.3, -0.25) is 15.8 Å². The molecule has 0 amide bonds. The minimum atomic E-state index is -0.131. The molecule has 6 heterocycles.